The molecule has 0 unspecified atom stereocenters. The van der Waals surface area contributed by atoms with E-state index in [1.807, 2.05) is 24.3 Å². The fourth-order valence-corrected chi connectivity index (χ4v) is 2.97. The maximum absolute atomic E-state index is 12.8. The molecule has 3 aromatic rings. The fourth-order valence-electron chi connectivity index (χ4n) is 2.97. The van der Waals surface area contributed by atoms with Crippen LogP contribution in [0.15, 0.2) is 35.0 Å². The lowest BCUT2D eigenvalue weighted by atomic mass is 10.0. The molecule has 1 amide bonds. The Kier molecular flexibility index (Phi) is 4.17. The minimum atomic E-state index is -0.138. The van der Waals surface area contributed by atoms with Gasteiger partial charge in [0.05, 0.1) is 28.9 Å². The fraction of sp³-hybridized carbons (Fsp3) is 0.368. The first-order chi connectivity index (χ1) is 12.3. The lowest BCUT2D eigenvalue weighted by Crippen LogP contribution is -2.24. The Morgan fingerprint density at radius 2 is 2.24 bits per heavy atom. The van der Waals surface area contributed by atoms with Crippen LogP contribution in [0.1, 0.15) is 59.5 Å². The molecule has 4 rings (SSSR count). The monoisotopic (exact) mass is 336 g/mol. The molecule has 1 N–H and O–H groups in total. The van der Waals surface area contributed by atoms with Gasteiger partial charge in [0.2, 0.25) is 0 Å². The van der Waals surface area contributed by atoms with E-state index in [0.717, 1.165) is 48.2 Å². The van der Waals surface area contributed by atoms with Crippen molar-refractivity contribution in [2.45, 2.75) is 45.1 Å². The average Bonchev–Trinajstić information content (AvgIpc) is 3.42. The van der Waals surface area contributed by atoms with E-state index in [0.29, 0.717) is 23.7 Å². The molecule has 0 spiro atoms. The van der Waals surface area contributed by atoms with Gasteiger partial charge in [-0.25, -0.2) is 4.98 Å². The summed E-state index contributed by atoms with van der Waals surface area (Å²) >= 11 is 0. The molecule has 3 heterocycles. The van der Waals surface area contributed by atoms with Crippen LogP contribution in [0.3, 0.4) is 0 Å². The van der Waals surface area contributed by atoms with Crippen molar-refractivity contribution in [1.29, 1.82) is 0 Å². The molecule has 1 aliphatic carbocycles. The lowest BCUT2D eigenvalue weighted by molar-refractivity contribution is 0.0952. The highest BCUT2D eigenvalue weighted by Crippen LogP contribution is 2.40. The molecule has 1 aliphatic rings. The van der Waals surface area contributed by atoms with Gasteiger partial charge in [0.25, 0.3) is 11.6 Å². The largest absolute Gasteiger partial charge is 0.346 e. The zero-order valence-corrected chi connectivity index (χ0v) is 14.2. The van der Waals surface area contributed by atoms with E-state index in [-0.39, 0.29) is 5.91 Å². The molecule has 6 heteroatoms. The van der Waals surface area contributed by atoms with Crippen LogP contribution in [-0.4, -0.2) is 21.0 Å². The maximum Gasteiger partial charge on any atom is 0.259 e. The molecule has 1 saturated carbocycles. The van der Waals surface area contributed by atoms with Crippen molar-refractivity contribution in [3.05, 3.63) is 53.1 Å². The standard InChI is InChI=1S/C19H20N4O2/c1-2-5-15-17-14(18(24)21-11-13-6-3-4-9-20-13)10-16(12-7-8-12)22-19(17)25-23-15/h3-4,6,9-10,12H,2,5,7-8,11H2,1H3,(H,21,24). The van der Waals surface area contributed by atoms with Crippen LogP contribution in [0, 0.1) is 0 Å². The van der Waals surface area contributed by atoms with Gasteiger partial charge < -0.3 is 9.84 Å². The van der Waals surface area contributed by atoms with Crippen LogP contribution in [-0.2, 0) is 13.0 Å². The number of aryl methyl sites for hydroxylation is 1. The third kappa shape index (κ3) is 3.24. The first-order valence-electron chi connectivity index (χ1n) is 8.73. The molecule has 0 aromatic carbocycles. The van der Waals surface area contributed by atoms with Gasteiger partial charge in [-0.15, -0.1) is 0 Å². The second-order valence-electron chi connectivity index (χ2n) is 6.43. The number of fused-ring (bicyclic) bond motifs is 1. The van der Waals surface area contributed by atoms with Gasteiger partial charge in [0.1, 0.15) is 0 Å². The van der Waals surface area contributed by atoms with Crippen molar-refractivity contribution in [2.24, 2.45) is 0 Å². The first-order valence-corrected chi connectivity index (χ1v) is 8.73. The Morgan fingerprint density at radius 3 is 2.96 bits per heavy atom. The van der Waals surface area contributed by atoms with Crippen molar-refractivity contribution >= 4 is 17.0 Å². The van der Waals surface area contributed by atoms with Gasteiger partial charge in [0, 0.05) is 17.8 Å². The molecule has 3 aromatic heterocycles. The summed E-state index contributed by atoms with van der Waals surface area (Å²) in [7, 11) is 0. The highest BCUT2D eigenvalue weighted by molar-refractivity contribution is 6.06. The van der Waals surface area contributed by atoms with E-state index in [1.54, 1.807) is 6.20 Å². The van der Waals surface area contributed by atoms with Crippen molar-refractivity contribution in [3.8, 4) is 0 Å². The molecule has 0 saturated heterocycles. The number of hydrogen-bond acceptors (Lipinski definition) is 5. The van der Waals surface area contributed by atoms with Crippen molar-refractivity contribution < 1.29 is 9.32 Å². The van der Waals surface area contributed by atoms with E-state index in [4.69, 9.17) is 4.52 Å². The summed E-state index contributed by atoms with van der Waals surface area (Å²) in [6, 6.07) is 7.56. The molecule has 25 heavy (non-hydrogen) atoms. The van der Waals surface area contributed by atoms with Gasteiger partial charge in [-0.2, -0.15) is 0 Å². The Morgan fingerprint density at radius 1 is 1.36 bits per heavy atom. The molecule has 0 aliphatic heterocycles. The lowest BCUT2D eigenvalue weighted by Gasteiger charge is -2.08. The van der Waals surface area contributed by atoms with E-state index >= 15 is 0 Å². The summed E-state index contributed by atoms with van der Waals surface area (Å²) in [5.74, 6) is 0.298. The molecule has 0 atom stereocenters. The number of pyridine rings is 2. The van der Waals surface area contributed by atoms with E-state index in [2.05, 4.69) is 27.4 Å². The zero-order chi connectivity index (χ0) is 17.2. The number of carbonyl (C=O) groups is 1. The van der Waals surface area contributed by atoms with Crippen LogP contribution < -0.4 is 5.32 Å². The predicted molar refractivity (Wildman–Crippen MR) is 93.2 cm³/mol. The minimum absolute atomic E-state index is 0.138. The van der Waals surface area contributed by atoms with Crippen molar-refractivity contribution in [3.63, 3.8) is 0 Å². The Hall–Kier alpha value is -2.76. The first kappa shape index (κ1) is 15.7. The van der Waals surface area contributed by atoms with Gasteiger partial charge >= 0.3 is 0 Å². The predicted octanol–water partition coefficient (Wildman–Crippen LogP) is 3.38. The minimum Gasteiger partial charge on any atom is -0.346 e. The molecule has 0 radical (unpaired) electrons. The third-order valence-corrected chi connectivity index (χ3v) is 4.42. The number of nitrogens with one attached hydrogen (secondary N) is 1. The molecular formula is C19H20N4O2. The number of carbonyl (C=O) groups excluding carboxylic acids is 1. The molecule has 1 fully saturated rings. The maximum atomic E-state index is 12.8. The third-order valence-electron chi connectivity index (χ3n) is 4.42. The summed E-state index contributed by atoms with van der Waals surface area (Å²) < 4.78 is 5.42. The number of hydrogen-bond donors (Lipinski definition) is 1. The average molecular weight is 336 g/mol. The van der Waals surface area contributed by atoms with Gasteiger partial charge in [0.15, 0.2) is 0 Å². The quantitative estimate of drug-likeness (QED) is 0.746. The smallest absolute Gasteiger partial charge is 0.259 e. The topological polar surface area (TPSA) is 80.9 Å². The number of rotatable bonds is 6. The molecule has 128 valence electrons. The van der Waals surface area contributed by atoms with Crippen LogP contribution in [0.2, 0.25) is 0 Å². The van der Waals surface area contributed by atoms with Crippen LogP contribution in [0.5, 0.6) is 0 Å². The van der Waals surface area contributed by atoms with Gasteiger partial charge in [-0.1, -0.05) is 24.6 Å². The van der Waals surface area contributed by atoms with Crippen molar-refractivity contribution in [2.75, 3.05) is 0 Å². The number of amides is 1. The van der Waals surface area contributed by atoms with Crippen molar-refractivity contribution in [1.82, 2.24) is 20.4 Å². The molecular weight excluding hydrogens is 316 g/mol. The molecule has 0 bridgehead atoms. The van der Waals surface area contributed by atoms with Gasteiger partial charge in [-0.3, -0.25) is 9.78 Å². The van der Waals surface area contributed by atoms with Crippen LogP contribution >= 0.6 is 0 Å². The number of nitrogens with zero attached hydrogens (tertiary/aromatic N) is 3. The SMILES string of the molecule is CCCc1noc2nc(C3CC3)cc(C(=O)NCc3ccccn3)c12. The van der Waals surface area contributed by atoms with Crippen LogP contribution in [0.4, 0.5) is 0 Å². The highest BCUT2D eigenvalue weighted by atomic mass is 16.5. The van der Waals surface area contributed by atoms with E-state index in [9.17, 15) is 4.79 Å². The second kappa shape index (κ2) is 6.63. The summed E-state index contributed by atoms with van der Waals surface area (Å²) in [5, 5.41) is 7.83. The Bertz CT molecular complexity index is 900. The second-order valence-corrected chi connectivity index (χ2v) is 6.43. The number of aromatic nitrogens is 3. The van der Waals surface area contributed by atoms with Crippen LogP contribution in [0.25, 0.3) is 11.1 Å². The Labute approximate surface area is 145 Å². The van der Waals surface area contributed by atoms with E-state index < -0.39 is 0 Å². The Balaban J connectivity index is 1.67. The van der Waals surface area contributed by atoms with Gasteiger partial charge in [-0.05, 0) is 37.5 Å². The summed E-state index contributed by atoms with van der Waals surface area (Å²) in [5.41, 5.74) is 3.62. The normalized spacial score (nSPS) is 14.0. The zero-order valence-electron chi connectivity index (χ0n) is 14.2. The summed E-state index contributed by atoms with van der Waals surface area (Å²) in [6.07, 6.45) is 5.64. The summed E-state index contributed by atoms with van der Waals surface area (Å²) in [4.78, 5) is 21.7. The molecule has 6 nitrogen and oxygen atoms in total. The highest BCUT2D eigenvalue weighted by Gasteiger charge is 2.29. The van der Waals surface area contributed by atoms with E-state index in [1.165, 1.54) is 0 Å². The summed E-state index contributed by atoms with van der Waals surface area (Å²) in [6.45, 7) is 2.46.